The Kier molecular flexibility index (Phi) is 6.35. The van der Waals surface area contributed by atoms with Crippen molar-refractivity contribution >= 4 is 45.8 Å². The molecule has 0 aliphatic carbocycles. The van der Waals surface area contributed by atoms with E-state index < -0.39 is 11.5 Å². The highest BCUT2D eigenvalue weighted by Crippen LogP contribution is 2.31. The van der Waals surface area contributed by atoms with Gasteiger partial charge in [-0.2, -0.15) is 0 Å². The lowest BCUT2D eigenvalue weighted by molar-refractivity contribution is -0.118. The largest absolute Gasteiger partial charge is 0.495 e. The zero-order valence-corrected chi connectivity index (χ0v) is 18.4. The van der Waals surface area contributed by atoms with E-state index in [9.17, 15) is 9.59 Å². The monoisotopic (exact) mass is 469 g/mol. The van der Waals surface area contributed by atoms with Gasteiger partial charge in [0.05, 0.1) is 23.4 Å². The fraction of sp³-hybridized carbons (Fsp3) is 0.0833. The standard InChI is InChI=1S/C24H17Cl2NO5/c1-30-22-8-6-14(17-10-15-4-2-3-5-20(15)32-24(17)29)11-19(22)27-23(28)13-31-21-9-7-16(25)12-18(21)26/h2-12H,13H2,1H3,(H,27,28). The molecule has 6 nitrogen and oxygen atoms in total. The molecule has 0 radical (unpaired) electrons. The Morgan fingerprint density at radius 1 is 1.00 bits per heavy atom. The van der Waals surface area contributed by atoms with E-state index in [-0.39, 0.29) is 6.61 Å². The van der Waals surface area contributed by atoms with Gasteiger partial charge in [0, 0.05) is 10.4 Å². The zero-order chi connectivity index (χ0) is 22.7. The molecule has 0 aliphatic heterocycles. The fourth-order valence-electron chi connectivity index (χ4n) is 3.16. The van der Waals surface area contributed by atoms with Gasteiger partial charge in [0.25, 0.3) is 5.91 Å². The van der Waals surface area contributed by atoms with Gasteiger partial charge in [-0.15, -0.1) is 0 Å². The van der Waals surface area contributed by atoms with Crippen LogP contribution in [0.25, 0.3) is 22.1 Å². The molecule has 0 bridgehead atoms. The van der Waals surface area contributed by atoms with Crippen molar-refractivity contribution in [1.29, 1.82) is 0 Å². The number of methoxy groups -OCH3 is 1. The van der Waals surface area contributed by atoms with Crippen LogP contribution in [0.15, 0.2) is 75.9 Å². The Balaban J connectivity index is 1.58. The molecule has 4 rings (SSSR count). The Hall–Kier alpha value is -3.48. The van der Waals surface area contributed by atoms with Gasteiger partial charge >= 0.3 is 5.63 Å². The molecule has 1 heterocycles. The maximum absolute atomic E-state index is 12.5. The number of nitrogens with one attached hydrogen (secondary N) is 1. The average Bonchev–Trinajstić information content (AvgIpc) is 2.78. The van der Waals surface area contributed by atoms with Gasteiger partial charge in [0.2, 0.25) is 0 Å². The third-order valence-electron chi connectivity index (χ3n) is 4.68. The highest BCUT2D eigenvalue weighted by atomic mass is 35.5. The van der Waals surface area contributed by atoms with Crippen LogP contribution in [0, 0.1) is 0 Å². The maximum atomic E-state index is 12.5. The predicted molar refractivity (Wildman–Crippen MR) is 125 cm³/mol. The summed E-state index contributed by atoms with van der Waals surface area (Å²) >= 11 is 11.9. The Morgan fingerprint density at radius 2 is 1.78 bits per heavy atom. The van der Waals surface area contributed by atoms with E-state index in [0.29, 0.717) is 43.9 Å². The van der Waals surface area contributed by atoms with Crippen molar-refractivity contribution in [2.24, 2.45) is 0 Å². The van der Waals surface area contributed by atoms with E-state index in [1.807, 2.05) is 12.1 Å². The van der Waals surface area contributed by atoms with Crippen molar-refractivity contribution in [3.05, 3.63) is 87.2 Å². The molecule has 1 N–H and O–H groups in total. The molecule has 8 heteroatoms. The van der Waals surface area contributed by atoms with Crippen LogP contribution >= 0.6 is 23.2 Å². The highest BCUT2D eigenvalue weighted by Gasteiger charge is 2.14. The molecule has 0 unspecified atom stereocenters. The first-order chi connectivity index (χ1) is 15.4. The van der Waals surface area contributed by atoms with Gasteiger partial charge in [-0.1, -0.05) is 47.5 Å². The second-order valence-electron chi connectivity index (χ2n) is 6.81. The smallest absolute Gasteiger partial charge is 0.344 e. The van der Waals surface area contributed by atoms with Crippen LogP contribution in [-0.4, -0.2) is 19.6 Å². The number of ether oxygens (including phenoxy) is 2. The van der Waals surface area contributed by atoms with Crippen molar-refractivity contribution in [3.8, 4) is 22.6 Å². The summed E-state index contributed by atoms with van der Waals surface area (Å²) in [5.74, 6) is 0.328. The number of rotatable bonds is 6. The minimum atomic E-state index is -0.480. The predicted octanol–water partition coefficient (Wildman–Crippen LogP) is 5.79. The maximum Gasteiger partial charge on any atom is 0.344 e. The molecular weight excluding hydrogens is 453 g/mol. The zero-order valence-electron chi connectivity index (χ0n) is 16.9. The molecule has 0 aliphatic rings. The number of para-hydroxylation sites is 1. The topological polar surface area (TPSA) is 77.8 Å². The number of carbonyl (C=O) groups excluding carboxylic acids is 1. The van der Waals surface area contributed by atoms with Crippen LogP contribution < -0.4 is 20.4 Å². The van der Waals surface area contributed by atoms with Crippen LogP contribution in [0.1, 0.15) is 0 Å². The lowest BCUT2D eigenvalue weighted by Crippen LogP contribution is -2.20. The number of benzene rings is 3. The van der Waals surface area contributed by atoms with Crippen LogP contribution in [0.2, 0.25) is 10.0 Å². The summed E-state index contributed by atoms with van der Waals surface area (Å²) in [5.41, 5.74) is 1.34. The SMILES string of the molecule is COc1ccc(-c2cc3ccccc3oc2=O)cc1NC(=O)COc1ccc(Cl)cc1Cl. The minimum Gasteiger partial charge on any atom is -0.495 e. The summed E-state index contributed by atoms with van der Waals surface area (Å²) in [6.07, 6.45) is 0. The van der Waals surface area contributed by atoms with E-state index in [0.717, 1.165) is 5.39 Å². The first-order valence-corrected chi connectivity index (χ1v) is 10.3. The Labute approximate surface area is 193 Å². The normalized spacial score (nSPS) is 10.7. The highest BCUT2D eigenvalue weighted by molar-refractivity contribution is 6.35. The number of carbonyl (C=O) groups is 1. The molecule has 0 atom stereocenters. The molecule has 0 saturated heterocycles. The van der Waals surface area contributed by atoms with Crippen molar-refractivity contribution in [3.63, 3.8) is 0 Å². The third kappa shape index (κ3) is 4.72. The van der Waals surface area contributed by atoms with Gasteiger partial charge in [0.1, 0.15) is 17.1 Å². The van der Waals surface area contributed by atoms with Gasteiger partial charge in [-0.25, -0.2) is 4.79 Å². The molecule has 32 heavy (non-hydrogen) atoms. The molecule has 162 valence electrons. The van der Waals surface area contributed by atoms with E-state index in [4.69, 9.17) is 37.1 Å². The molecule has 4 aromatic rings. The molecule has 0 fully saturated rings. The molecular formula is C24H17Cl2NO5. The van der Waals surface area contributed by atoms with Crippen LogP contribution in [0.4, 0.5) is 5.69 Å². The Bertz CT molecular complexity index is 1370. The number of anilines is 1. The minimum absolute atomic E-state index is 0.285. The molecule has 0 spiro atoms. The molecule has 3 aromatic carbocycles. The van der Waals surface area contributed by atoms with Crippen LogP contribution in [-0.2, 0) is 4.79 Å². The second-order valence-corrected chi connectivity index (χ2v) is 7.66. The number of halogens is 2. The van der Waals surface area contributed by atoms with Gasteiger partial charge in [0.15, 0.2) is 6.61 Å². The number of hydrogen-bond acceptors (Lipinski definition) is 5. The quantitative estimate of drug-likeness (QED) is 0.361. The number of amides is 1. The summed E-state index contributed by atoms with van der Waals surface area (Å²) in [4.78, 5) is 25.0. The van der Waals surface area contributed by atoms with Gasteiger partial charge in [-0.3, -0.25) is 4.79 Å². The summed E-state index contributed by atoms with van der Waals surface area (Å²) in [7, 11) is 1.49. The molecule has 0 saturated carbocycles. The molecule has 1 amide bonds. The summed E-state index contributed by atoms with van der Waals surface area (Å²) < 4.78 is 16.2. The fourth-order valence-corrected chi connectivity index (χ4v) is 3.62. The van der Waals surface area contributed by atoms with E-state index in [1.54, 1.807) is 48.5 Å². The average molecular weight is 470 g/mol. The van der Waals surface area contributed by atoms with Crippen LogP contribution in [0.5, 0.6) is 11.5 Å². The number of hydrogen-bond donors (Lipinski definition) is 1. The second kappa shape index (κ2) is 9.34. The first kappa shape index (κ1) is 21.7. The lowest BCUT2D eigenvalue weighted by Gasteiger charge is -2.13. The summed E-state index contributed by atoms with van der Waals surface area (Å²) in [5, 5.41) is 4.29. The summed E-state index contributed by atoms with van der Waals surface area (Å²) in [6, 6.07) is 18.7. The summed E-state index contributed by atoms with van der Waals surface area (Å²) in [6.45, 7) is -0.285. The Morgan fingerprint density at radius 3 is 2.56 bits per heavy atom. The lowest BCUT2D eigenvalue weighted by atomic mass is 10.0. The van der Waals surface area contributed by atoms with Crippen molar-refractivity contribution < 1.29 is 18.7 Å². The molecule has 1 aromatic heterocycles. The van der Waals surface area contributed by atoms with Crippen molar-refractivity contribution in [2.45, 2.75) is 0 Å². The number of fused-ring (bicyclic) bond motifs is 1. The van der Waals surface area contributed by atoms with E-state index in [1.165, 1.54) is 13.2 Å². The first-order valence-electron chi connectivity index (χ1n) is 9.53. The van der Waals surface area contributed by atoms with Crippen LogP contribution in [0.3, 0.4) is 0 Å². The van der Waals surface area contributed by atoms with Crippen molar-refractivity contribution in [2.75, 3.05) is 19.0 Å². The van der Waals surface area contributed by atoms with E-state index in [2.05, 4.69) is 5.32 Å². The van der Waals surface area contributed by atoms with Gasteiger partial charge < -0.3 is 19.2 Å². The third-order valence-corrected chi connectivity index (χ3v) is 5.21. The van der Waals surface area contributed by atoms with Crippen molar-refractivity contribution in [1.82, 2.24) is 0 Å². The van der Waals surface area contributed by atoms with E-state index >= 15 is 0 Å². The van der Waals surface area contributed by atoms with Gasteiger partial charge in [-0.05, 0) is 48.0 Å².